The third-order valence-corrected chi connectivity index (χ3v) is 4.63. The summed E-state index contributed by atoms with van der Waals surface area (Å²) in [6, 6.07) is 13.5. The van der Waals surface area contributed by atoms with Gasteiger partial charge in [-0.1, -0.05) is 24.3 Å². The van der Waals surface area contributed by atoms with E-state index in [4.69, 9.17) is 0 Å². The summed E-state index contributed by atoms with van der Waals surface area (Å²) >= 11 is 2.88. The Morgan fingerprint density at radius 3 is 2.67 bits per heavy atom. The molecule has 0 bridgehead atoms. The van der Waals surface area contributed by atoms with E-state index < -0.39 is 5.97 Å². The van der Waals surface area contributed by atoms with Crippen molar-refractivity contribution in [2.75, 3.05) is 5.32 Å². The molecule has 0 aliphatic heterocycles. The average Bonchev–Trinajstić information content (AvgIpc) is 3.09. The first-order chi connectivity index (χ1) is 10.2. The van der Waals surface area contributed by atoms with Crippen LogP contribution in [0.2, 0.25) is 0 Å². The lowest BCUT2D eigenvalue weighted by Crippen LogP contribution is -2.24. The van der Waals surface area contributed by atoms with E-state index in [0.717, 1.165) is 16.3 Å². The molecule has 0 radical (unpaired) electrons. The van der Waals surface area contributed by atoms with E-state index in [0.29, 0.717) is 10.0 Å². The van der Waals surface area contributed by atoms with E-state index in [1.807, 2.05) is 47.8 Å². The van der Waals surface area contributed by atoms with Gasteiger partial charge in [-0.15, -0.1) is 22.7 Å². The van der Waals surface area contributed by atoms with Crippen LogP contribution in [-0.2, 0) is 11.2 Å². The number of hydrogen-bond donors (Lipinski definition) is 1. The molecular weight excluding hydrogens is 304 g/mol. The zero-order chi connectivity index (χ0) is 14.7. The number of carboxylic acid groups (broad SMARTS) is 1. The summed E-state index contributed by atoms with van der Waals surface area (Å²) in [5.74, 6) is -1.09. The number of hydrogen-bond acceptors (Lipinski definition) is 6. The molecule has 0 spiro atoms. The van der Waals surface area contributed by atoms with Gasteiger partial charge in [-0.3, -0.25) is 0 Å². The molecule has 0 saturated heterocycles. The van der Waals surface area contributed by atoms with Gasteiger partial charge in [0.2, 0.25) is 0 Å². The molecule has 21 heavy (non-hydrogen) atoms. The SMILES string of the molecule is O=C([O-])Cc1sc(Nc2ccccc2)nc1-c1cccs1. The van der Waals surface area contributed by atoms with Crippen molar-refractivity contribution in [1.29, 1.82) is 0 Å². The van der Waals surface area contributed by atoms with Gasteiger partial charge < -0.3 is 15.2 Å². The second kappa shape index (κ2) is 6.07. The minimum atomic E-state index is -1.09. The summed E-state index contributed by atoms with van der Waals surface area (Å²) in [5.41, 5.74) is 1.64. The molecule has 3 rings (SSSR count). The summed E-state index contributed by atoms with van der Waals surface area (Å²) in [7, 11) is 0. The predicted molar refractivity (Wildman–Crippen MR) is 83.9 cm³/mol. The zero-order valence-electron chi connectivity index (χ0n) is 10.9. The highest BCUT2D eigenvalue weighted by Gasteiger charge is 2.14. The lowest BCUT2D eigenvalue weighted by Gasteiger charge is -2.00. The minimum Gasteiger partial charge on any atom is -0.550 e. The third-order valence-electron chi connectivity index (χ3n) is 2.78. The molecular formula is C15H11N2O2S2-. The van der Waals surface area contributed by atoms with Gasteiger partial charge in [-0.05, 0) is 23.6 Å². The number of aromatic nitrogens is 1. The summed E-state index contributed by atoms with van der Waals surface area (Å²) in [6.07, 6.45) is -0.124. The average molecular weight is 315 g/mol. The summed E-state index contributed by atoms with van der Waals surface area (Å²) < 4.78 is 0. The first kappa shape index (κ1) is 13.8. The highest BCUT2D eigenvalue weighted by atomic mass is 32.1. The molecule has 4 nitrogen and oxygen atoms in total. The van der Waals surface area contributed by atoms with Crippen molar-refractivity contribution < 1.29 is 9.90 Å². The molecule has 6 heteroatoms. The topological polar surface area (TPSA) is 65.0 Å². The molecule has 1 aromatic carbocycles. The monoisotopic (exact) mass is 315 g/mol. The largest absolute Gasteiger partial charge is 0.550 e. The molecule has 0 saturated carbocycles. The number of aliphatic carboxylic acids is 1. The third kappa shape index (κ3) is 3.29. The van der Waals surface area contributed by atoms with Crippen molar-refractivity contribution in [2.24, 2.45) is 0 Å². The zero-order valence-corrected chi connectivity index (χ0v) is 12.5. The molecule has 0 unspecified atom stereocenters. The molecule has 0 atom stereocenters. The lowest BCUT2D eigenvalue weighted by molar-refractivity contribution is -0.304. The number of anilines is 2. The number of carbonyl (C=O) groups excluding carboxylic acids is 1. The summed E-state index contributed by atoms with van der Waals surface area (Å²) in [5, 5.41) is 16.7. The van der Waals surface area contributed by atoms with Crippen LogP contribution in [0.3, 0.4) is 0 Å². The van der Waals surface area contributed by atoms with Gasteiger partial charge in [0.05, 0.1) is 10.6 Å². The predicted octanol–water partition coefficient (Wildman–Crippen LogP) is 2.91. The van der Waals surface area contributed by atoms with Crippen LogP contribution in [0.25, 0.3) is 10.6 Å². The van der Waals surface area contributed by atoms with Crippen molar-refractivity contribution in [3.63, 3.8) is 0 Å². The van der Waals surface area contributed by atoms with Gasteiger partial charge in [0.15, 0.2) is 5.13 Å². The number of para-hydroxylation sites is 1. The van der Waals surface area contributed by atoms with Gasteiger partial charge >= 0.3 is 0 Å². The fourth-order valence-electron chi connectivity index (χ4n) is 1.91. The molecule has 0 fully saturated rings. The Bertz CT molecular complexity index is 736. The second-order valence-corrected chi connectivity index (χ2v) is 6.34. The van der Waals surface area contributed by atoms with Crippen molar-refractivity contribution >= 4 is 39.5 Å². The quantitative estimate of drug-likeness (QED) is 0.786. The lowest BCUT2D eigenvalue weighted by atomic mass is 10.2. The highest BCUT2D eigenvalue weighted by Crippen LogP contribution is 2.35. The normalized spacial score (nSPS) is 10.5. The number of nitrogens with one attached hydrogen (secondary N) is 1. The van der Waals surface area contributed by atoms with Crippen LogP contribution in [0.1, 0.15) is 4.88 Å². The maximum absolute atomic E-state index is 10.9. The first-order valence-corrected chi connectivity index (χ1v) is 7.97. The second-order valence-electron chi connectivity index (χ2n) is 4.31. The van der Waals surface area contributed by atoms with Crippen LogP contribution >= 0.6 is 22.7 Å². The number of nitrogens with zero attached hydrogens (tertiary/aromatic N) is 1. The van der Waals surface area contributed by atoms with E-state index in [9.17, 15) is 9.90 Å². The number of carbonyl (C=O) groups is 1. The summed E-state index contributed by atoms with van der Waals surface area (Å²) in [6.45, 7) is 0. The van der Waals surface area contributed by atoms with E-state index in [2.05, 4.69) is 10.3 Å². The van der Waals surface area contributed by atoms with Crippen LogP contribution in [-0.4, -0.2) is 11.0 Å². The van der Waals surface area contributed by atoms with Crippen LogP contribution in [0, 0.1) is 0 Å². The Balaban J connectivity index is 1.94. The first-order valence-electron chi connectivity index (χ1n) is 6.28. The molecule has 1 N–H and O–H groups in total. The van der Waals surface area contributed by atoms with Gasteiger partial charge in [-0.2, -0.15) is 0 Å². The van der Waals surface area contributed by atoms with Crippen LogP contribution in [0.4, 0.5) is 10.8 Å². The Morgan fingerprint density at radius 1 is 1.19 bits per heavy atom. The Labute approximate surface area is 129 Å². The van der Waals surface area contributed by atoms with Crippen molar-refractivity contribution in [3.8, 4) is 10.6 Å². The number of rotatable bonds is 5. The van der Waals surface area contributed by atoms with Crippen LogP contribution in [0.5, 0.6) is 0 Å². The van der Waals surface area contributed by atoms with E-state index >= 15 is 0 Å². The standard InChI is InChI=1S/C15H12N2O2S2/c18-13(19)9-12-14(11-7-4-8-20-11)17-15(21-12)16-10-5-2-1-3-6-10/h1-8H,9H2,(H,16,17)(H,18,19)/p-1. The number of thiazole rings is 1. The molecule has 106 valence electrons. The molecule has 2 aromatic heterocycles. The number of benzene rings is 1. The highest BCUT2D eigenvalue weighted by molar-refractivity contribution is 7.17. The maximum atomic E-state index is 10.9. The Kier molecular flexibility index (Phi) is 3.98. The fourth-order valence-corrected chi connectivity index (χ4v) is 3.69. The van der Waals surface area contributed by atoms with Crippen LogP contribution < -0.4 is 10.4 Å². The van der Waals surface area contributed by atoms with Gasteiger partial charge in [-0.25, -0.2) is 4.98 Å². The number of carboxylic acids is 1. The van der Waals surface area contributed by atoms with Gasteiger partial charge in [0.1, 0.15) is 0 Å². The molecule has 0 aliphatic rings. The molecule has 2 heterocycles. The van der Waals surface area contributed by atoms with Crippen molar-refractivity contribution in [1.82, 2.24) is 4.98 Å². The van der Waals surface area contributed by atoms with Crippen LogP contribution in [0.15, 0.2) is 47.8 Å². The van der Waals surface area contributed by atoms with E-state index in [-0.39, 0.29) is 6.42 Å². The van der Waals surface area contributed by atoms with Gasteiger partial charge in [0, 0.05) is 23.0 Å². The van der Waals surface area contributed by atoms with E-state index in [1.165, 1.54) is 22.7 Å². The smallest absolute Gasteiger partial charge is 0.188 e. The van der Waals surface area contributed by atoms with Gasteiger partial charge in [0.25, 0.3) is 0 Å². The minimum absolute atomic E-state index is 0.124. The fraction of sp³-hybridized carbons (Fsp3) is 0.0667. The summed E-state index contributed by atoms with van der Waals surface area (Å²) in [4.78, 5) is 17.1. The van der Waals surface area contributed by atoms with Crippen molar-refractivity contribution in [3.05, 3.63) is 52.7 Å². The maximum Gasteiger partial charge on any atom is 0.188 e. The molecule has 0 amide bonds. The Morgan fingerprint density at radius 2 is 2.00 bits per heavy atom. The molecule has 3 aromatic rings. The number of thiophene rings is 1. The Hall–Kier alpha value is -2.18. The van der Waals surface area contributed by atoms with E-state index in [1.54, 1.807) is 0 Å². The molecule has 0 aliphatic carbocycles. The van der Waals surface area contributed by atoms with Crippen molar-refractivity contribution in [2.45, 2.75) is 6.42 Å².